The summed E-state index contributed by atoms with van der Waals surface area (Å²) in [5.41, 5.74) is 6.53. The van der Waals surface area contributed by atoms with Gasteiger partial charge in [-0.25, -0.2) is 4.98 Å². The van der Waals surface area contributed by atoms with E-state index in [0.717, 1.165) is 22.6 Å². The Morgan fingerprint density at radius 3 is 2.18 bits per heavy atom. The van der Waals surface area contributed by atoms with Crippen molar-refractivity contribution in [3.8, 4) is 22.4 Å². The SMILES string of the molecule is Cc1ccc(-c2ccc(/C=C/c3ncc(-c4ccc(Cl)cc4Cl)[nH]3)cc2)cc1. The second-order valence-corrected chi connectivity index (χ2v) is 7.47. The average molecular weight is 405 g/mol. The molecular weight excluding hydrogens is 387 g/mol. The van der Waals surface area contributed by atoms with Gasteiger partial charge in [-0.15, -0.1) is 0 Å². The molecule has 0 aliphatic carbocycles. The zero-order valence-electron chi connectivity index (χ0n) is 15.3. The van der Waals surface area contributed by atoms with Crippen LogP contribution in [0.25, 0.3) is 34.5 Å². The van der Waals surface area contributed by atoms with E-state index in [1.54, 1.807) is 12.3 Å². The molecule has 3 aromatic carbocycles. The smallest absolute Gasteiger partial charge is 0.130 e. The van der Waals surface area contributed by atoms with Crippen molar-refractivity contribution in [3.05, 3.63) is 99.9 Å². The minimum atomic E-state index is 0.596. The second-order valence-electron chi connectivity index (χ2n) is 6.63. The first-order valence-corrected chi connectivity index (χ1v) is 9.70. The Morgan fingerprint density at radius 2 is 1.50 bits per heavy atom. The first-order valence-electron chi connectivity index (χ1n) is 8.94. The van der Waals surface area contributed by atoms with Gasteiger partial charge >= 0.3 is 0 Å². The lowest BCUT2D eigenvalue weighted by Gasteiger charge is -2.03. The summed E-state index contributed by atoms with van der Waals surface area (Å²) in [4.78, 5) is 7.69. The molecule has 0 amide bonds. The lowest BCUT2D eigenvalue weighted by molar-refractivity contribution is 1.27. The second kappa shape index (κ2) is 8.05. The Labute approximate surface area is 174 Å². The number of hydrogen-bond donors (Lipinski definition) is 1. The summed E-state index contributed by atoms with van der Waals surface area (Å²) in [5.74, 6) is 0.767. The molecule has 0 spiro atoms. The Kier molecular flexibility index (Phi) is 5.34. The number of rotatable bonds is 4. The minimum absolute atomic E-state index is 0.596. The Hall–Kier alpha value is -2.81. The predicted octanol–water partition coefficient (Wildman–Crippen LogP) is 7.53. The van der Waals surface area contributed by atoms with Gasteiger partial charge in [0.2, 0.25) is 0 Å². The lowest BCUT2D eigenvalue weighted by Crippen LogP contribution is -1.81. The van der Waals surface area contributed by atoms with Gasteiger partial charge in [0, 0.05) is 10.6 Å². The van der Waals surface area contributed by atoms with Gasteiger partial charge in [0.1, 0.15) is 5.82 Å². The topological polar surface area (TPSA) is 28.7 Å². The number of nitrogens with one attached hydrogen (secondary N) is 1. The molecule has 0 saturated carbocycles. The van der Waals surface area contributed by atoms with Crippen molar-refractivity contribution in [2.45, 2.75) is 6.92 Å². The largest absolute Gasteiger partial charge is 0.338 e. The van der Waals surface area contributed by atoms with Gasteiger partial charge in [-0.1, -0.05) is 83.4 Å². The van der Waals surface area contributed by atoms with Crippen LogP contribution in [0.3, 0.4) is 0 Å². The molecule has 4 rings (SSSR count). The van der Waals surface area contributed by atoms with Crippen LogP contribution in [-0.2, 0) is 0 Å². The molecule has 1 aromatic heterocycles. The Morgan fingerprint density at radius 1 is 0.821 bits per heavy atom. The molecule has 0 atom stereocenters. The predicted molar refractivity (Wildman–Crippen MR) is 120 cm³/mol. The van der Waals surface area contributed by atoms with E-state index in [2.05, 4.69) is 65.4 Å². The molecule has 1 heterocycles. The number of nitrogens with zero attached hydrogens (tertiary/aromatic N) is 1. The van der Waals surface area contributed by atoms with E-state index in [-0.39, 0.29) is 0 Å². The van der Waals surface area contributed by atoms with E-state index in [1.807, 2.05) is 24.3 Å². The summed E-state index contributed by atoms with van der Waals surface area (Å²) < 4.78 is 0. The van der Waals surface area contributed by atoms with E-state index in [9.17, 15) is 0 Å². The summed E-state index contributed by atoms with van der Waals surface area (Å²) in [7, 11) is 0. The molecular formula is C24H18Cl2N2. The molecule has 0 unspecified atom stereocenters. The van der Waals surface area contributed by atoms with Gasteiger partial charge in [-0.05, 0) is 47.9 Å². The number of aryl methyl sites for hydroxylation is 1. The third-order valence-corrected chi connectivity index (χ3v) is 5.09. The molecule has 0 aliphatic heterocycles. The zero-order valence-corrected chi connectivity index (χ0v) is 16.8. The van der Waals surface area contributed by atoms with Gasteiger partial charge < -0.3 is 4.98 Å². The highest BCUT2D eigenvalue weighted by Gasteiger charge is 2.07. The summed E-state index contributed by atoms with van der Waals surface area (Å²) in [6, 6.07) is 22.4. The lowest BCUT2D eigenvalue weighted by atomic mass is 10.0. The first kappa shape index (κ1) is 18.5. The van der Waals surface area contributed by atoms with Gasteiger partial charge in [-0.3, -0.25) is 0 Å². The number of hydrogen-bond acceptors (Lipinski definition) is 1. The van der Waals surface area contributed by atoms with Crippen LogP contribution in [0.5, 0.6) is 0 Å². The van der Waals surface area contributed by atoms with Crippen molar-refractivity contribution in [3.63, 3.8) is 0 Å². The van der Waals surface area contributed by atoms with Crippen molar-refractivity contribution < 1.29 is 0 Å². The fourth-order valence-corrected chi connectivity index (χ4v) is 3.48. The van der Waals surface area contributed by atoms with Gasteiger partial charge in [0.05, 0.1) is 16.9 Å². The summed E-state index contributed by atoms with van der Waals surface area (Å²) >= 11 is 12.2. The van der Waals surface area contributed by atoms with Crippen molar-refractivity contribution in [2.24, 2.45) is 0 Å². The minimum Gasteiger partial charge on any atom is -0.338 e. The molecule has 0 bridgehead atoms. The quantitative estimate of drug-likeness (QED) is 0.374. The number of halogens is 2. The maximum Gasteiger partial charge on any atom is 0.130 e. The van der Waals surface area contributed by atoms with Gasteiger partial charge in [0.25, 0.3) is 0 Å². The summed E-state index contributed by atoms with van der Waals surface area (Å²) in [6.07, 6.45) is 5.76. The molecule has 0 aliphatic rings. The molecule has 0 saturated heterocycles. The van der Waals surface area contributed by atoms with Crippen LogP contribution in [-0.4, -0.2) is 9.97 Å². The summed E-state index contributed by atoms with van der Waals surface area (Å²) in [6.45, 7) is 2.10. The first-order chi connectivity index (χ1) is 13.6. The molecule has 2 nitrogen and oxygen atoms in total. The van der Waals surface area contributed by atoms with Gasteiger partial charge in [0.15, 0.2) is 0 Å². The molecule has 4 heteroatoms. The third kappa shape index (κ3) is 4.19. The molecule has 138 valence electrons. The molecule has 1 N–H and O–H groups in total. The van der Waals surface area contributed by atoms with E-state index in [1.165, 1.54) is 16.7 Å². The van der Waals surface area contributed by atoms with E-state index in [4.69, 9.17) is 23.2 Å². The number of benzene rings is 3. The van der Waals surface area contributed by atoms with Crippen molar-refractivity contribution in [1.29, 1.82) is 0 Å². The van der Waals surface area contributed by atoms with Crippen molar-refractivity contribution in [1.82, 2.24) is 9.97 Å². The standard InChI is InChI=1S/C24H18Cl2N2/c1-16-2-7-18(8-3-16)19-9-4-17(5-10-19)6-13-24-27-15-23(28-24)21-12-11-20(25)14-22(21)26/h2-15H,1H3,(H,27,28)/b13-6+. The number of H-pyrrole nitrogens is 1. The molecule has 0 fully saturated rings. The van der Waals surface area contributed by atoms with E-state index < -0.39 is 0 Å². The average Bonchev–Trinajstić information content (AvgIpc) is 3.16. The van der Waals surface area contributed by atoms with Crippen LogP contribution >= 0.6 is 23.2 Å². The highest BCUT2D eigenvalue weighted by Crippen LogP contribution is 2.29. The van der Waals surface area contributed by atoms with Crippen LogP contribution < -0.4 is 0 Å². The van der Waals surface area contributed by atoms with Crippen LogP contribution in [0.1, 0.15) is 17.0 Å². The van der Waals surface area contributed by atoms with Gasteiger partial charge in [-0.2, -0.15) is 0 Å². The normalized spacial score (nSPS) is 11.2. The van der Waals surface area contributed by atoms with Crippen LogP contribution in [0.4, 0.5) is 0 Å². The number of aromatic amines is 1. The molecule has 0 radical (unpaired) electrons. The van der Waals surface area contributed by atoms with E-state index in [0.29, 0.717) is 10.0 Å². The Balaban J connectivity index is 1.50. The fourth-order valence-electron chi connectivity index (χ4n) is 2.97. The summed E-state index contributed by atoms with van der Waals surface area (Å²) in [5, 5.41) is 1.21. The highest BCUT2D eigenvalue weighted by molar-refractivity contribution is 6.36. The number of aromatic nitrogens is 2. The zero-order chi connectivity index (χ0) is 19.5. The van der Waals surface area contributed by atoms with Crippen molar-refractivity contribution >= 4 is 35.4 Å². The van der Waals surface area contributed by atoms with Crippen LogP contribution in [0.15, 0.2) is 72.9 Å². The van der Waals surface area contributed by atoms with Crippen molar-refractivity contribution in [2.75, 3.05) is 0 Å². The molecule has 28 heavy (non-hydrogen) atoms. The third-order valence-electron chi connectivity index (χ3n) is 4.55. The maximum atomic E-state index is 6.27. The molecule has 4 aromatic rings. The monoisotopic (exact) mass is 404 g/mol. The van der Waals surface area contributed by atoms with Crippen LogP contribution in [0, 0.1) is 6.92 Å². The highest BCUT2D eigenvalue weighted by atomic mass is 35.5. The van der Waals surface area contributed by atoms with Crippen LogP contribution in [0.2, 0.25) is 10.0 Å². The van der Waals surface area contributed by atoms with E-state index >= 15 is 0 Å². The number of imidazole rings is 1. The Bertz CT molecular complexity index is 1120. The maximum absolute atomic E-state index is 6.27. The fraction of sp³-hybridized carbons (Fsp3) is 0.0417.